The number of hydrogen-bond donors (Lipinski definition) is 2. The number of anilines is 1. The van der Waals surface area contributed by atoms with Gasteiger partial charge in [-0.25, -0.2) is 5.43 Å². The standard InChI is InChI=1S/C17H15BrClN3O/c18-14(10-13-4-2-1-3-5-13)11-21-22-17(23)12-20-16-8-6-15(19)7-9-16/h1-11,20H,12H2,(H,22,23)/b14-10-,21-11-. The molecule has 2 aromatic rings. The second-order valence-corrected chi connectivity index (χ2v) is 5.95. The molecule has 0 bridgehead atoms. The Morgan fingerprint density at radius 3 is 2.52 bits per heavy atom. The third kappa shape index (κ3) is 6.67. The van der Waals surface area contributed by atoms with Gasteiger partial charge in [0, 0.05) is 15.2 Å². The fourth-order valence-corrected chi connectivity index (χ4v) is 2.19. The number of carbonyl (C=O) groups is 1. The first-order valence-corrected chi connectivity index (χ1v) is 8.04. The van der Waals surface area contributed by atoms with Gasteiger partial charge in [0.25, 0.3) is 5.91 Å². The Morgan fingerprint density at radius 1 is 1.13 bits per heavy atom. The number of hydrogen-bond acceptors (Lipinski definition) is 3. The zero-order valence-corrected chi connectivity index (χ0v) is 14.5. The summed E-state index contributed by atoms with van der Waals surface area (Å²) >= 11 is 9.17. The molecule has 0 radical (unpaired) electrons. The molecule has 0 atom stereocenters. The Kier molecular flexibility index (Phi) is 6.84. The van der Waals surface area contributed by atoms with E-state index in [9.17, 15) is 4.79 Å². The molecule has 2 N–H and O–H groups in total. The van der Waals surface area contributed by atoms with E-state index in [1.54, 1.807) is 24.3 Å². The zero-order chi connectivity index (χ0) is 16.5. The molecule has 0 aliphatic heterocycles. The number of rotatable bonds is 6. The quantitative estimate of drug-likeness (QED) is 0.569. The summed E-state index contributed by atoms with van der Waals surface area (Å²) in [6.45, 7) is 0.124. The Labute approximate surface area is 148 Å². The number of nitrogens with one attached hydrogen (secondary N) is 2. The van der Waals surface area contributed by atoms with Crippen LogP contribution in [0.3, 0.4) is 0 Å². The monoisotopic (exact) mass is 391 g/mol. The van der Waals surface area contributed by atoms with Crippen molar-refractivity contribution in [1.29, 1.82) is 0 Å². The van der Waals surface area contributed by atoms with Crippen molar-refractivity contribution in [2.45, 2.75) is 0 Å². The molecule has 0 aliphatic carbocycles. The summed E-state index contributed by atoms with van der Waals surface area (Å²) in [4.78, 5) is 11.7. The van der Waals surface area contributed by atoms with Crippen molar-refractivity contribution < 1.29 is 4.79 Å². The lowest BCUT2D eigenvalue weighted by Crippen LogP contribution is -2.25. The maximum atomic E-state index is 11.7. The van der Waals surface area contributed by atoms with Gasteiger partial charge in [0.2, 0.25) is 0 Å². The average Bonchev–Trinajstić information content (AvgIpc) is 2.55. The number of carbonyl (C=O) groups excluding carboxylic acids is 1. The van der Waals surface area contributed by atoms with Crippen LogP contribution in [0, 0.1) is 0 Å². The molecule has 23 heavy (non-hydrogen) atoms. The molecule has 2 aromatic carbocycles. The maximum Gasteiger partial charge on any atom is 0.259 e. The minimum absolute atomic E-state index is 0.124. The molecule has 0 fully saturated rings. The van der Waals surface area contributed by atoms with E-state index in [0.717, 1.165) is 15.7 Å². The van der Waals surface area contributed by atoms with Gasteiger partial charge in [-0.2, -0.15) is 5.10 Å². The minimum atomic E-state index is -0.240. The SMILES string of the molecule is O=C(CNc1ccc(Cl)cc1)N/N=C\C(Br)=C\c1ccccc1. The second kappa shape index (κ2) is 9.12. The van der Waals surface area contributed by atoms with Crippen molar-refractivity contribution in [3.05, 3.63) is 69.7 Å². The third-order valence-corrected chi connectivity index (χ3v) is 3.46. The Bertz CT molecular complexity index is 700. The maximum absolute atomic E-state index is 11.7. The third-order valence-electron chi connectivity index (χ3n) is 2.78. The number of allylic oxidation sites excluding steroid dienone is 1. The van der Waals surface area contributed by atoms with Crippen LogP contribution in [0.25, 0.3) is 6.08 Å². The normalized spacial score (nSPS) is 11.5. The van der Waals surface area contributed by atoms with Crippen LogP contribution in [-0.2, 0) is 4.79 Å². The molecular weight excluding hydrogens is 378 g/mol. The molecule has 0 saturated heterocycles. The smallest absolute Gasteiger partial charge is 0.259 e. The lowest BCUT2D eigenvalue weighted by atomic mass is 10.2. The summed E-state index contributed by atoms with van der Waals surface area (Å²) in [7, 11) is 0. The second-order valence-electron chi connectivity index (χ2n) is 4.59. The largest absolute Gasteiger partial charge is 0.376 e. The molecule has 0 aliphatic rings. The highest BCUT2D eigenvalue weighted by Gasteiger charge is 1.99. The van der Waals surface area contributed by atoms with Crippen LogP contribution >= 0.6 is 27.5 Å². The van der Waals surface area contributed by atoms with Crippen LogP contribution in [0.5, 0.6) is 0 Å². The van der Waals surface area contributed by atoms with E-state index in [0.29, 0.717) is 5.02 Å². The molecule has 0 heterocycles. The van der Waals surface area contributed by atoms with Gasteiger partial charge >= 0.3 is 0 Å². The fraction of sp³-hybridized carbons (Fsp3) is 0.0588. The number of hydrazone groups is 1. The number of nitrogens with zero attached hydrogens (tertiary/aromatic N) is 1. The van der Waals surface area contributed by atoms with Gasteiger partial charge in [-0.05, 0) is 51.8 Å². The highest BCUT2D eigenvalue weighted by molar-refractivity contribution is 9.12. The fourth-order valence-electron chi connectivity index (χ4n) is 1.70. The molecule has 2 rings (SSSR count). The van der Waals surface area contributed by atoms with Gasteiger partial charge in [-0.3, -0.25) is 4.79 Å². The van der Waals surface area contributed by atoms with E-state index in [-0.39, 0.29) is 12.5 Å². The van der Waals surface area contributed by atoms with Gasteiger partial charge < -0.3 is 5.32 Å². The molecule has 1 amide bonds. The van der Waals surface area contributed by atoms with Crippen molar-refractivity contribution in [3.63, 3.8) is 0 Å². The summed E-state index contributed by atoms with van der Waals surface area (Å²) in [5, 5.41) is 7.52. The van der Waals surface area contributed by atoms with E-state index < -0.39 is 0 Å². The first-order chi connectivity index (χ1) is 11.1. The van der Waals surface area contributed by atoms with E-state index >= 15 is 0 Å². The molecule has 0 aromatic heterocycles. The average molecular weight is 393 g/mol. The van der Waals surface area contributed by atoms with Gasteiger partial charge in [0.05, 0.1) is 12.8 Å². The molecule has 6 heteroatoms. The lowest BCUT2D eigenvalue weighted by Gasteiger charge is -2.04. The van der Waals surface area contributed by atoms with Crippen molar-refractivity contribution in [2.24, 2.45) is 5.10 Å². The van der Waals surface area contributed by atoms with E-state index in [4.69, 9.17) is 11.6 Å². The van der Waals surface area contributed by atoms with Crippen molar-refractivity contribution in [2.75, 3.05) is 11.9 Å². The molecule has 4 nitrogen and oxygen atoms in total. The van der Waals surface area contributed by atoms with Gasteiger partial charge in [0.15, 0.2) is 0 Å². The topological polar surface area (TPSA) is 53.5 Å². The number of halogens is 2. The van der Waals surface area contributed by atoms with Crippen LogP contribution < -0.4 is 10.7 Å². The van der Waals surface area contributed by atoms with Crippen LogP contribution in [0.15, 0.2) is 64.2 Å². The van der Waals surface area contributed by atoms with Gasteiger partial charge in [-0.15, -0.1) is 0 Å². The highest BCUT2D eigenvalue weighted by atomic mass is 79.9. The summed E-state index contributed by atoms with van der Waals surface area (Å²) < 4.78 is 0.759. The Balaban J connectivity index is 1.77. The van der Waals surface area contributed by atoms with E-state index in [1.165, 1.54) is 6.21 Å². The Morgan fingerprint density at radius 2 is 1.83 bits per heavy atom. The van der Waals surface area contributed by atoms with Crippen molar-refractivity contribution >= 4 is 51.4 Å². The first-order valence-electron chi connectivity index (χ1n) is 6.87. The summed E-state index contributed by atoms with van der Waals surface area (Å²) in [5.74, 6) is -0.240. The number of benzene rings is 2. The van der Waals surface area contributed by atoms with Gasteiger partial charge in [-0.1, -0.05) is 41.9 Å². The Hall–Kier alpha value is -2.11. The molecule has 0 unspecified atom stereocenters. The molecular formula is C17H15BrClN3O. The highest BCUT2D eigenvalue weighted by Crippen LogP contribution is 2.13. The predicted octanol–water partition coefficient (Wildman–Crippen LogP) is 4.29. The zero-order valence-electron chi connectivity index (χ0n) is 12.2. The van der Waals surface area contributed by atoms with E-state index in [2.05, 4.69) is 31.8 Å². The number of amides is 1. The van der Waals surface area contributed by atoms with E-state index in [1.807, 2.05) is 36.4 Å². The molecule has 0 saturated carbocycles. The van der Waals surface area contributed by atoms with Gasteiger partial charge in [0.1, 0.15) is 0 Å². The van der Waals surface area contributed by atoms with Crippen LogP contribution in [0.4, 0.5) is 5.69 Å². The summed E-state index contributed by atoms with van der Waals surface area (Å²) in [6.07, 6.45) is 3.44. The van der Waals surface area contributed by atoms with Crippen molar-refractivity contribution in [1.82, 2.24) is 5.43 Å². The van der Waals surface area contributed by atoms with Crippen LogP contribution in [0.1, 0.15) is 5.56 Å². The summed E-state index contributed by atoms with van der Waals surface area (Å²) in [5.41, 5.74) is 4.31. The summed E-state index contributed by atoms with van der Waals surface area (Å²) in [6, 6.07) is 16.9. The molecule has 0 spiro atoms. The minimum Gasteiger partial charge on any atom is -0.376 e. The van der Waals surface area contributed by atoms with Crippen molar-refractivity contribution in [3.8, 4) is 0 Å². The van der Waals surface area contributed by atoms with Crippen LogP contribution in [0.2, 0.25) is 5.02 Å². The molecule has 118 valence electrons. The first kappa shape index (κ1) is 17.2. The lowest BCUT2D eigenvalue weighted by molar-refractivity contribution is -0.119. The van der Waals surface area contributed by atoms with Crippen LogP contribution in [-0.4, -0.2) is 18.7 Å². The predicted molar refractivity (Wildman–Crippen MR) is 99.9 cm³/mol.